The van der Waals surface area contributed by atoms with E-state index in [1.807, 2.05) is 61.5 Å². The number of anilines is 1. The van der Waals surface area contributed by atoms with Crippen molar-refractivity contribution in [2.75, 3.05) is 19.0 Å². The van der Waals surface area contributed by atoms with Gasteiger partial charge in [0.15, 0.2) is 0 Å². The van der Waals surface area contributed by atoms with Crippen LogP contribution in [0.3, 0.4) is 0 Å². The SMILES string of the molecule is COc1ccc(CC[NH2+]Cc2cccc(NC(=O)c3ccc(C)cc3)c2)cc1. The fourth-order valence-electron chi connectivity index (χ4n) is 3.01. The van der Waals surface area contributed by atoms with E-state index in [-0.39, 0.29) is 5.91 Å². The van der Waals surface area contributed by atoms with Crippen LogP contribution in [0.4, 0.5) is 5.69 Å². The van der Waals surface area contributed by atoms with E-state index in [0.29, 0.717) is 5.56 Å². The predicted molar refractivity (Wildman–Crippen MR) is 113 cm³/mol. The molecule has 0 atom stereocenters. The molecule has 1 amide bonds. The summed E-state index contributed by atoms with van der Waals surface area (Å²) < 4.78 is 5.19. The molecule has 144 valence electrons. The van der Waals surface area contributed by atoms with Crippen molar-refractivity contribution in [3.8, 4) is 5.75 Å². The van der Waals surface area contributed by atoms with Crippen LogP contribution in [0.15, 0.2) is 72.8 Å². The molecule has 0 saturated heterocycles. The van der Waals surface area contributed by atoms with E-state index in [1.54, 1.807) is 7.11 Å². The van der Waals surface area contributed by atoms with Crippen molar-refractivity contribution < 1.29 is 14.8 Å². The van der Waals surface area contributed by atoms with E-state index in [2.05, 4.69) is 28.8 Å². The lowest BCUT2D eigenvalue weighted by Crippen LogP contribution is -2.83. The summed E-state index contributed by atoms with van der Waals surface area (Å²) in [5, 5.41) is 5.26. The minimum Gasteiger partial charge on any atom is -0.497 e. The van der Waals surface area contributed by atoms with Crippen molar-refractivity contribution in [1.29, 1.82) is 0 Å². The zero-order valence-corrected chi connectivity index (χ0v) is 16.4. The van der Waals surface area contributed by atoms with Gasteiger partial charge in [-0.1, -0.05) is 42.0 Å². The summed E-state index contributed by atoms with van der Waals surface area (Å²) in [6.07, 6.45) is 1.01. The summed E-state index contributed by atoms with van der Waals surface area (Å²) in [5.41, 5.74) is 5.13. The Labute approximate surface area is 166 Å². The van der Waals surface area contributed by atoms with E-state index >= 15 is 0 Å². The number of hydrogen-bond acceptors (Lipinski definition) is 2. The third-order valence-electron chi connectivity index (χ3n) is 4.67. The van der Waals surface area contributed by atoms with Crippen LogP contribution in [-0.2, 0) is 13.0 Å². The average molecular weight is 375 g/mol. The molecule has 0 aliphatic heterocycles. The number of carbonyl (C=O) groups is 1. The van der Waals surface area contributed by atoms with E-state index in [1.165, 1.54) is 11.1 Å². The number of nitrogens with one attached hydrogen (secondary N) is 1. The number of benzene rings is 3. The standard InChI is InChI=1S/C24H26N2O2/c1-18-6-10-21(11-7-18)24(27)26-22-5-3-4-20(16-22)17-25-15-14-19-8-12-23(28-2)13-9-19/h3-13,16,25H,14-15,17H2,1-2H3,(H,26,27)/p+1. The first-order valence-corrected chi connectivity index (χ1v) is 9.55. The normalized spacial score (nSPS) is 10.5. The quantitative estimate of drug-likeness (QED) is 0.592. The minimum atomic E-state index is -0.0827. The molecule has 0 bridgehead atoms. The number of nitrogens with two attached hydrogens (primary N) is 1. The molecular weight excluding hydrogens is 348 g/mol. The van der Waals surface area contributed by atoms with Crippen LogP contribution < -0.4 is 15.4 Å². The second-order valence-electron chi connectivity index (χ2n) is 6.90. The number of aryl methyl sites for hydroxylation is 1. The van der Waals surface area contributed by atoms with Crippen LogP contribution in [0.5, 0.6) is 5.75 Å². The average Bonchev–Trinajstić information content (AvgIpc) is 2.72. The van der Waals surface area contributed by atoms with E-state index < -0.39 is 0 Å². The molecule has 3 aromatic rings. The van der Waals surface area contributed by atoms with Gasteiger partial charge in [0.25, 0.3) is 5.91 Å². The van der Waals surface area contributed by atoms with E-state index in [9.17, 15) is 4.79 Å². The first-order valence-electron chi connectivity index (χ1n) is 9.55. The van der Waals surface area contributed by atoms with Crippen LogP contribution in [0.2, 0.25) is 0 Å². The maximum absolute atomic E-state index is 12.4. The Morgan fingerprint density at radius 1 is 0.964 bits per heavy atom. The molecule has 0 radical (unpaired) electrons. The maximum Gasteiger partial charge on any atom is 0.255 e. The number of rotatable bonds is 8. The summed E-state index contributed by atoms with van der Waals surface area (Å²) in [6.45, 7) is 3.90. The highest BCUT2D eigenvalue weighted by Gasteiger charge is 2.06. The highest BCUT2D eigenvalue weighted by molar-refractivity contribution is 6.04. The van der Waals surface area contributed by atoms with Crippen LogP contribution in [0.1, 0.15) is 27.0 Å². The molecule has 0 fully saturated rings. The molecule has 0 aliphatic carbocycles. The van der Waals surface area contributed by atoms with Gasteiger partial charge < -0.3 is 15.4 Å². The molecule has 4 heteroatoms. The first-order chi connectivity index (χ1) is 13.6. The molecule has 3 N–H and O–H groups in total. The highest BCUT2D eigenvalue weighted by atomic mass is 16.5. The lowest BCUT2D eigenvalue weighted by molar-refractivity contribution is -0.670. The van der Waals surface area contributed by atoms with Crippen molar-refractivity contribution in [3.63, 3.8) is 0 Å². The Hall–Kier alpha value is -3.11. The summed E-state index contributed by atoms with van der Waals surface area (Å²) in [4.78, 5) is 12.4. The Balaban J connectivity index is 1.48. The first kappa shape index (κ1) is 19.6. The number of methoxy groups -OCH3 is 1. The highest BCUT2D eigenvalue weighted by Crippen LogP contribution is 2.13. The Morgan fingerprint density at radius 2 is 1.71 bits per heavy atom. The van der Waals surface area contributed by atoms with Crippen LogP contribution in [-0.4, -0.2) is 19.6 Å². The van der Waals surface area contributed by atoms with Gasteiger partial charge in [-0.2, -0.15) is 0 Å². The lowest BCUT2D eigenvalue weighted by atomic mass is 10.1. The van der Waals surface area contributed by atoms with E-state index in [4.69, 9.17) is 4.74 Å². The summed E-state index contributed by atoms with van der Waals surface area (Å²) >= 11 is 0. The molecule has 0 saturated carbocycles. The zero-order chi connectivity index (χ0) is 19.8. The van der Waals surface area contributed by atoms with Crippen LogP contribution in [0.25, 0.3) is 0 Å². The zero-order valence-electron chi connectivity index (χ0n) is 16.4. The smallest absolute Gasteiger partial charge is 0.255 e. The van der Waals surface area contributed by atoms with Gasteiger partial charge in [0.05, 0.1) is 13.7 Å². The summed E-state index contributed by atoms with van der Waals surface area (Å²) in [6, 6.07) is 23.8. The molecule has 0 spiro atoms. The Bertz CT molecular complexity index is 903. The second-order valence-corrected chi connectivity index (χ2v) is 6.90. The van der Waals surface area contributed by atoms with Crippen LogP contribution in [0, 0.1) is 6.92 Å². The molecule has 0 aromatic heterocycles. The van der Waals surface area contributed by atoms with Crippen molar-refractivity contribution in [2.45, 2.75) is 19.9 Å². The minimum absolute atomic E-state index is 0.0827. The van der Waals surface area contributed by atoms with Gasteiger partial charge in [-0.15, -0.1) is 0 Å². The van der Waals surface area contributed by atoms with Gasteiger partial charge in [-0.3, -0.25) is 4.79 Å². The number of carbonyl (C=O) groups excluding carboxylic acids is 1. The van der Waals surface area contributed by atoms with Crippen molar-refractivity contribution in [2.24, 2.45) is 0 Å². The predicted octanol–water partition coefficient (Wildman–Crippen LogP) is 3.56. The van der Waals surface area contributed by atoms with Gasteiger partial charge in [0, 0.05) is 23.2 Å². The fourth-order valence-corrected chi connectivity index (χ4v) is 3.01. The molecule has 28 heavy (non-hydrogen) atoms. The largest absolute Gasteiger partial charge is 0.497 e. The molecule has 3 rings (SSSR count). The monoisotopic (exact) mass is 375 g/mol. The Morgan fingerprint density at radius 3 is 2.43 bits per heavy atom. The summed E-state index contributed by atoms with van der Waals surface area (Å²) in [7, 11) is 1.68. The number of ether oxygens (including phenoxy) is 1. The van der Waals surface area contributed by atoms with Crippen molar-refractivity contribution >= 4 is 11.6 Å². The third kappa shape index (κ3) is 5.69. The lowest BCUT2D eigenvalue weighted by Gasteiger charge is -2.08. The number of amides is 1. The van der Waals surface area contributed by atoms with Crippen LogP contribution >= 0.6 is 0 Å². The number of quaternary nitrogens is 1. The van der Waals surface area contributed by atoms with Gasteiger partial charge >= 0.3 is 0 Å². The topological polar surface area (TPSA) is 54.9 Å². The van der Waals surface area contributed by atoms with Gasteiger partial charge in [0.1, 0.15) is 12.3 Å². The fraction of sp³-hybridized carbons (Fsp3) is 0.208. The third-order valence-corrected chi connectivity index (χ3v) is 4.67. The van der Waals surface area contributed by atoms with Gasteiger partial charge in [-0.25, -0.2) is 0 Å². The molecule has 0 unspecified atom stereocenters. The molecule has 3 aromatic carbocycles. The Kier molecular flexibility index (Phi) is 6.82. The maximum atomic E-state index is 12.4. The molecular formula is C24H27N2O2+. The van der Waals surface area contributed by atoms with E-state index in [0.717, 1.165) is 36.5 Å². The molecule has 0 heterocycles. The molecule has 0 aliphatic rings. The number of hydrogen-bond donors (Lipinski definition) is 2. The summed E-state index contributed by atoms with van der Waals surface area (Å²) in [5.74, 6) is 0.804. The van der Waals surface area contributed by atoms with Crippen molar-refractivity contribution in [3.05, 3.63) is 95.1 Å². The molecule has 4 nitrogen and oxygen atoms in total. The second kappa shape index (κ2) is 9.72. The van der Waals surface area contributed by atoms with Crippen molar-refractivity contribution in [1.82, 2.24) is 0 Å². The van der Waals surface area contributed by atoms with Gasteiger partial charge in [-0.05, 0) is 48.9 Å². The van der Waals surface area contributed by atoms with Gasteiger partial charge in [0.2, 0.25) is 0 Å².